The van der Waals surface area contributed by atoms with Gasteiger partial charge in [0.15, 0.2) is 0 Å². The highest BCUT2D eigenvalue weighted by atomic mass is 16.2. The summed E-state index contributed by atoms with van der Waals surface area (Å²) in [6.07, 6.45) is 4.53. The van der Waals surface area contributed by atoms with Crippen molar-refractivity contribution in [3.05, 3.63) is 30.1 Å². The third-order valence-corrected chi connectivity index (χ3v) is 1.33. The highest BCUT2D eigenvalue weighted by molar-refractivity contribution is 5.82. The smallest absolute Gasteiger partial charge is 0.254 e. The number of nitrogens with zero attached hydrogens (tertiary/aromatic N) is 3. The van der Waals surface area contributed by atoms with Crippen molar-refractivity contribution in [2.45, 2.75) is 6.42 Å². The van der Waals surface area contributed by atoms with Gasteiger partial charge >= 0.3 is 0 Å². The zero-order valence-electron chi connectivity index (χ0n) is 7.34. The van der Waals surface area contributed by atoms with E-state index in [4.69, 9.17) is 5.26 Å². The van der Waals surface area contributed by atoms with Crippen LogP contribution in [0.4, 0.5) is 0 Å². The molecule has 5 heteroatoms. The number of amides is 1. The topological polar surface area (TPSA) is 78.1 Å². The SMILES string of the molecule is N#CCC(=O)N/N=C\c1cccnc1. The monoisotopic (exact) mass is 188 g/mol. The molecule has 0 aliphatic carbocycles. The van der Waals surface area contributed by atoms with E-state index in [1.807, 2.05) is 0 Å². The second-order valence-corrected chi connectivity index (χ2v) is 2.41. The Hall–Kier alpha value is -2.22. The van der Waals surface area contributed by atoms with Crippen LogP contribution in [0.25, 0.3) is 0 Å². The van der Waals surface area contributed by atoms with Gasteiger partial charge in [0, 0.05) is 18.0 Å². The Balaban J connectivity index is 2.43. The van der Waals surface area contributed by atoms with E-state index in [2.05, 4.69) is 15.5 Å². The normalized spacial score (nSPS) is 9.64. The lowest BCUT2D eigenvalue weighted by atomic mass is 10.3. The highest BCUT2D eigenvalue weighted by Gasteiger charge is 1.94. The first-order valence-corrected chi connectivity index (χ1v) is 3.92. The molecule has 0 spiro atoms. The molecule has 14 heavy (non-hydrogen) atoms. The second kappa shape index (κ2) is 5.43. The Bertz CT molecular complexity index is 366. The molecule has 1 aromatic heterocycles. The first-order valence-electron chi connectivity index (χ1n) is 3.92. The summed E-state index contributed by atoms with van der Waals surface area (Å²) in [5.74, 6) is -0.423. The van der Waals surface area contributed by atoms with Crippen molar-refractivity contribution in [1.82, 2.24) is 10.4 Å². The van der Waals surface area contributed by atoms with E-state index >= 15 is 0 Å². The molecule has 1 amide bonds. The Morgan fingerprint density at radius 1 is 1.79 bits per heavy atom. The predicted molar refractivity (Wildman–Crippen MR) is 50.2 cm³/mol. The van der Waals surface area contributed by atoms with E-state index in [0.29, 0.717) is 0 Å². The largest absolute Gasteiger partial charge is 0.272 e. The number of hydrogen-bond donors (Lipinski definition) is 1. The summed E-state index contributed by atoms with van der Waals surface area (Å²) in [5, 5.41) is 11.8. The van der Waals surface area contributed by atoms with E-state index in [0.717, 1.165) is 5.56 Å². The molecule has 0 aliphatic rings. The van der Waals surface area contributed by atoms with Crippen LogP contribution in [-0.4, -0.2) is 17.1 Å². The summed E-state index contributed by atoms with van der Waals surface area (Å²) in [6.45, 7) is 0. The average molecular weight is 188 g/mol. The van der Waals surface area contributed by atoms with E-state index in [9.17, 15) is 4.79 Å². The van der Waals surface area contributed by atoms with E-state index < -0.39 is 5.91 Å². The Labute approximate surface area is 81.1 Å². The standard InChI is InChI=1S/C9H8N4O/c10-4-3-9(14)13-12-7-8-2-1-5-11-6-8/h1-2,5-7H,3H2,(H,13,14)/b12-7-. The number of nitrogens with one attached hydrogen (secondary N) is 1. The van der Waals surface area contributed by atoms with Crippen LogP contribution in [0.15, 0.2) is 29.6 Å². The maximum atomic E-state index is 10.8. The van der Waals surface area contributed by atoms with Crippen molar-refractivity contribution in [3.8, 4) is 6.07 Å². The molecule has 0 saturated carbocycles. The first kappa shape index (κ1) is 9.86. The summed E-state index contributed by atoms with van der Waals surface area (Å²) in [5.41, 5.74) is 2.99. The number of aromatic nitrogens is 1. The van der Waals surface area contributed by atoms with Crippen molar-refractivity contribution >= 4 is 12.1 Å². The Morgan fingerprint density at radius 2 is 2.64 bits per heavy atom. The highest BCUT2D eigenvalue weighted by Crippen LogP contribution is 1.89. The molecule has 5 nitrogen and oxygen atoms in total. The molecule has 0 radical (unpaired) electrons. The maximum absolute atomic E-state index is 10.8. The second-order valence-electron chi connectivity index (χ2n) is 2.41. The minimum Gasteiger partial charge on any atom is -0.272 e. The number of rotatable bonds is 3. The van der Waals surface area contributed by atoms with Crippen molar-refractivity contribution in [3.63, 3.8) is 0 Å². The molecule has 0 unspecified atom stereocenters. The summed E-state index contributed by atoms with van der Waals surface area (Å²) >= 11 is 0. The predicted octanol–water partition coefficient (Wildman–Crippen LogP) is 0.445. The molecule has 1 heterocycles. The quantitative estimate of drug-likeness (QED) is 0.552. The van der Waals surface area contributed by atoms with Crippen molar-refractivity contribution in [2.75, 3.05) is 0 Å². The lowest BCUT2D eigenvalue weighted by Crippen LogP contribution is -2.16. The van der Waals surface area contributed by atoms with Crippen LogP contribution in [0.5, 0.6) is 0 Å². The molecule has 0 aliphatic heterocycles. The molecular formula is C9H8N4O. The minimum absolute atomic E-state index is 0.190. The van der Waals surface area contributed by atoms with Gasteiger partial charge in [-0.15, -0.1) is 0 Å². The van der Waals surface area contributed by atoms with Gasteiger partial charge < -0.3 is 0 Å². The molecule has 0 bridgehead atoms. The number of carbonyl (C=O) groups is 1. The van der Waals surface area contributed by atoms with Gasteiger partial charge in [0.1, 0.15) is 6.42 Å². The maximum Gasteiger partial charge on any atom is 0.254 e. The molecule has 1 aromatic rings. The van der Waals surface area contributed by atoms with Gasteiger partial charge in [-0.25, -0.2) is 5.43 Å². The number of hydrogen-bond acceptors (Lipinski definition) is 4. The number of pyridine rings is 1. The third kappa shape index (κ3) is 3.45. The van der Waals surface area contributed by atoms with E-state index in [1.54, 1.807) is 30.6 Å². The first-order chi connectivity index (χ1) is 6.83. The van der Waals surface area contributed by atoms with Crippen LogP contribution in [0, 0.1) is 11.3 Å². The fourth-order valence-electron chi connectivity index (χ4n) is 0.742. The lowest BCUT2D eigenvalue weighted by Gasteiger charge is -1.92. The molecule has 0 atom stereocenters. The van der Waals surface area contributed by atoms with Gasteiger partial charge in [-0.3, -0.25) is 9.78 Å². The van der Waals surface area contributed by atoms with Gasteiger partial charge in [-0.2, -0.15) is 10.4 Å². The molecule has 0 fully saturated rings. The molecule has 70 valence electrons. The summed E-state index contributed by atoms with van der Waals surface area (Å²) in [7, 11) is 0. The van der Waals surface area contributed by atoms with Crippen LogP contribution in [-0.2, 0) is 4.79 Å². The van der Waals surface area contributed by atoms with Crippen LogP contribution >= 0.6 is 0 Å². The fourth-order valence-corrected chi connectivity index (χ4v) is 0.742. The van der Waals surface area contributed by atoms with Gasteiger partial charge in [-0.05, 0) is 6.07 Å². The Morgan fingerprint density at radius 3 is 3.29 bits per heavy atom. The van der Waals surface area contributed by atoms with Crippen LogP contribution in [0.3, 0.4) is 0 Å². The lowest BCUT2D eigenvalue weighted by molar-refractivity contribution is -0.120. The zero-order valence-corrected chi connectivity index (χ0v) is 7.34. The summed E-state index contributed by atoms with van der Waals surface area (Å²) in [6, 6.07) is 5.28. The fraction of sp³-hybridized carbons (Fsp3) is 0.111. The van der Waals surface area contributed by atoms with Crippen LogP contribution < -0.4 is 5.43 Å². The van der Waals surface area contributed by atoms with Gasteiger partial charge in [-0.1, -0.05) is 6.07 Å². The number of hydrazone groups is 1. The van der Waals surface area contributed by atoms with Gasteiger partial charge in [0.2, 0.25) is 0 Å². The third-order valence-electron chi connectivity index (χ3n) is 1.33. The van der Waals surface area contributed by atoms with Gasteiger partial charge in [0.25, 0.3) is 5.91 Å². The van der Waals surface area contributed by atoms with Gasteiger partial charge in [0.05, 0.1) is 12.3 Å². The number of nitriles is 1. The van der Waals surface area contributed by atoms with Crippen molar-refractivity contribution in [2.24, 2.45) is 5.10 Å². The van der Waals surface area contributed by atoms with Crippen molar-refractivity contribution < 1.29 is 4.79 Å². The van der Waals surface area contributed by atoms with Crippen molar-refractivity contribution in [1.29, 1.82) is 5.26 Å². The molecule has 0 saturated heterocycles. The van der Waals surface area contributed by atoms with Crippen LogP contribution in [0.1, 0.15) is 12.0 Å². The zero-order chi connectivity index (χ0) is 10.2. The average Bonchev–Trinajstić information content (AvgIpc) is 2.20. The van der Waals surface area contributed by atoms with E-state index in [1.165, 1.54) is 6.21 Å². The Kier molecular flexibility index (Phi) is 3.83. The van der Waals surface area contributed by atoms with E-state index in [-0.39, 0.29) is 6.42 Å². The summed E-state index contributed by atoms with van der Waals surface area (Å²) in [4.78, 5) is 14.6. The number of carbonyl (C=O) groups excluding carboxylic acids is 1. The molecule has 1 N–H and O–H groups in total. The summed E-state index contributed by atoms with van der Waals surface area (Å²) < 4.78 is 0. The van der Waals surface area contributed by atoms with Crippen LogP contribution in [0.2, 0.25) is 0 Å². The molecular weight excluding hydrogens is 180 g/mol. The molecule has 1 rings (SSSR count). The minimum atomic E-state index is -0.423. The molecule has 0 aromatic carbocycles.